The maximum atomic E-state index is 13.3. The van der Waals surface area contributed by atoms with Crippen LogP contribution in [0.25, 0.3) is 0 Å². The molecule has 2 atom stereocenters. The molecule has 106 valence electrons. The Balaban J connectivity index is 1.86. The number of hydrogen-bond acceptors (Lipinski definition) is 2. The van der Waals surface area contributed by atoms with E-state index in [1.807, 2.05) is 0 Å². The zero-order valence-electron chi connectivity index (χ0n) is 11.3. The molecule has 1 aliphatic carbocycles. The lowest BCUT2D eigenvalue weighted by atomic mass is 10.0. The number of halogens is 1. The Labute approximate surface area is 117 Å². The van der Waals surface area contributed by atoms with Gasteiger partial charge in [0.05, 0.1) is 0 Å². The second-order valence-electron chi connectivity index (χ2n) is 5.61. The molecule has 1 aliphatic heterocycles. The summed E-state index contributed by atoms with van der Waals surface area (Å²) >= 11 is 0. The van der Waals surface area contributed by atoms with Gasteiger partial charge < -0.3 is 10.2 Å². The molecule has 1 N–H and O–H groups in total. The fourth-order valence-electron chi connectivity index (χ4n) is 2.78. The maximum absolute atomic E-state index is 13.3. The topological polar surface area (TPSA) is 49.4 Å². The Hall–Kier alpha value is -1.91. The predicted octanol–water partition coefficient (Wildman–Crippen LogP) is 1.45. The van der Waals surface area contributed by atoms with E-state index in [-0.39, 0.29) is 30.1 Å². The third-order valence-electron chi connectivity index (χ3n) is 3.93. The minimum atomic E-state index is -0.508. The van der Waals surface area contributed by atoms with Crippen LogP contribution in [-0.2, 0) is 16.1 Å². The number of hydrogen-bond donors (Lipinski definition) is 1. The van der Waals surface area contributed by atoms with E-state index in [0.717, 1.165) is 12.8 Å². The Bertz CT molecular complexity index is 557. The van der Waals surface area contributed by atoms with Gasteiger partial charge in [0.1, 0.15) is 17.9 Å². The Morgan fingerprint density at radius 3 is 2.75 bits per heavy atom. The number of nitrogens with zero attached hydrogens (tertiary/aromatic N) is 1. The van der Waals surface area contributed by atoms with Crippen molar-refractivity contribution in [2.75, 3.05) is 0 Å². The normalized spacial score (nSPS) is 26.6. The van der Waals surface area contributed by atoms with Gasteiger partial charge >= 0.3 is 0 Å². The fraction of sp³-hybridized carbons (Fsp3) is 0.467. The molecule has 1 saturated carbocycles. The highest BCUT2D eigenvalue weighted by atomic mass is 19.1. The quantitative estimate of drug-likeness (QED) is 0.908. The summed E-state index contributed by atoms with van der Waals surface area (Å²) in [5.74, 6) is -0.255. The standard InChI is InChI=1S/C15H17FN2O2/c1-9-15(20)18(8-10-3-2-4-12(16)7-10)13(11-5-6-11)14(19)17-9/h2-4,7,9,11,13H,5-6,8H2,1H3,(H,17,19). The van der Waals surface area contributed by atoms with Crippen LogP contribution < -0.4 is 5.32 Å². The van der Waals surface area contributed by atoms with Gasteiger partial charge in [0.2, 0.25) is 11.8 Å². The first-order chi connectivity index (χ1) is 9.56. The molecule has 4 nitrogen and oxygen atoms in total. The molecule has 20 heavy (non-hydrogen) atoms. The minimum absolute atomic E-state index is 0.0870. The predicted molar refractivity (Wildman–Crippen MR) is 71.1 cm³/mol. The van der Waals surface area contributed by atoms with Gasteiger partial charge in [-0.1, -0.05) is 12.1 Å². The number of carbonyl (C=O) groups is 2. The Kier molecular flexibility index (Phi) is 3.20. The third kappa shape index (κ3) is 2.40. The van der Waals surface area contributed by atoms with E-state index in [1.54, 1.807) is 24.0 Å². The number of rotatable bonds is 3. The molecule has 2 unspecified atom stereocenters. The minimum Gasteiger partial charge on any atom is -0.343 e. The van der Waals surface area contributed by atoms with Crippen molar-refractivity contribution in [3.05, 3.63) is 35.6 Å². The van der Waals surface area contributed by atoms with E-state index < -0.39 is 12.1 Å². The Morgan fingerprint density at radius 1 is 1.35 bits per heavy atom. The van der Waals surface area contributed by atoms with Crippen LogP contribution >= 0.6 is 0 Å². The summed E-state index contributed by atoms with van der Waals surface area (Å²) in [6, 6.07) is 5.27. The van der Waals surface area contributed by atoms with Gasteiger partial charge in [-0.3, -0.25) is 9.59 Å². The highest BCUT2D eigenvalue weighted by molar-refractivity contribution is 5.97. The lowest BCUT2D eigenvalue weighted by molar-refractivity contribution is -0.150. The van der Waals surface area contributed by atoms with Gasteiger partial charge in [-0.25, -0.2) is 4.39 Å². The van der Waals surface area contributed by atoms with Crippen LogP contribution in [0, 0.1) is 11.7 Å². The first-order valence-electron chi connectivity index (χ1n) is 6.91. The van der Waals surface area contributed by atoms with Crippen molar-refractivity contribution >= 4 is 11.8 Å². The van der Waals surface area contributed by atoms with Gasteiger partial charge in [0.25, 0.3) is 0 Å². The molecular weight excluding hydrogens is 259 g/mol. The lowest BCUT2D eigenvalue weighted by Gasteiger charge is -2.38. The molecule has 2 fully saturated rings. The molecule has 0 aromatic heterocycles. The van der Waals surface area contributed by atoms with Crippen LogP contribution in [0.1, 0.15) is 25.3 Å². The smallest absolute Gasteiger partial charge is 0.245 e. The summed E-state index contributed by atoms with van der Waals surface area (Å²) in [6.45, 7) is 1.97. The molecule has 1 aromatic rings. The molecule has 5 heteroatoms. The van der Waals surface area contributed by atoms with Crippen molar-refractivity contribution < 1.29 is 14.0 Å². The van der Waals surface area contributed by atoms with Crippen LogP contribution in [0.4, 0.5) is 4.39 Å². The zero-order valence-corrected chi connectivity index (χ0v) is 11.3. The molecular formula is C15H17FN2O2. The highest BCUT2D eigenvalue weighted by Crippen LogP contribution is 2.37. The van der Waals surface area contributed by atoms with Crippen molar-refractivity contribution in [1.82, 2.24) is 10.2 Å². The summed E-state index contributed by atoms with van der Waals surface area (Å²) in [5, 5.41) is 2.72. The zero-order chi connectivity index (χ0) is 14.3. The molecule has 1 heterocycles. The molecule has 0 spiro atoms. The first kappa shape index (κ1) is 13.1. The van der Waals surface area contributed by atoms with Crippen LogP contribution in [0.15, 0.2) is 24.3 Å². The van der Waals surface area contributed by atoms with Gasteiger partial charge in [-0.05, 0) is 43.4 Å². The average Bonchev–Trinajstić information content (AvgIpc) is 3.20. The number of piperazine rings is 1. The monoisotopic (exact) mass is 276 g/mol. The van der Waals surface area contributed by atoms with E-state index in [9.17, 15) is 14.0 Å². The summed E-state index contributed by atoms with van der Waals surface area (Å²) in [5.41, 5.74) is 0.714. The number of carbonyl (C=O) groups excluding carboxylic acids is 2. The van der Waals surface area contributed by atoms with Crippen molar-refractivity contribution in [1.29, 1.82) is 0 Å². The molecule has 1 saturated heterocycles. The van der Waals surface area contributed by atoms with Crippen molar-refractivity contribution in [3.8, 4) is 0 Å². The van der Waals surface area contributed by atoms with Crippen LogP contribution in [0.3, 0.4) is 0 Å². The second-order valence-corrected chi connectivity index (χ2v) is 5.61. The van der Waals surface area contributed by atoms with E-state index in [0.29, 0.717) is 5.56 Å². The molecule has 2 aliphatic rings. The maximum Gasteiger partial charge on any atom is 0.245 e. The van der Waals surface area contributed by atoms with Crippen molar-refractivity contribution in [2.24, 2.45) is 5.92 Å². The van der Waals surface area contributed by atoms with Crippen molar-refractivity contribution in [2.45, 2.75) is 38.4 Å². The van der Waals surface area contributed by atoms with E-state index in [1.165, 1.54) is 12.1 Å². The third-order valence-corrected chi connectivity index (χ3v) is 3.93. The van der Waals surface area contributed by atoms with Crippen molar-refractivity contribution in [3.63, 3.8) is 0 Å². The lowest BCUT2D eigenvalue weighted by Crippen LogP contribution is -2.62. The molecule has 3 rings (SSSR count). The largest absolute Gasteiger partial charge is 0.343 e. The fourth-order valence-corrected chi connectivity index (χ4v) is 2.78. The summed E-state index contributed by atoms with van der Waals surface area (Å²) in [4.78, 5) is 26.0. The number of benzene rings is 1. The molecule has 1 aromatic carbocycles. The van der Waals surface area contributed by atoms with Crippen LogP contribution in [-0.4, -0.2) is 28.8 Å². The van der Waals surface area contributed by atoms with E-state index in [4.69, 9.17) is 0 Å². The highest BCUT2D eigenvalue weighted by Gasteiger charge is 2.46. The second kappa shape index (κ2) is 4.89. The molecule has 0 bridgehead atoms. The van der Waals surface area contributed by atoms with Gasteiger partial charge in [-0.2, -0.15) is 0 Å². The molecule has 2 amide bonds. The molecule has 0 radical (unpaired) electrons. The van der Waals surface area contributed by atoms with Crippen LogP contribution in [0.2, 0.25) is 0 Å². The summed E-state index contributed by atoms with van der Waals surface area (Å²) in [7, 11) is 0. The SMILES string of the molecule is CC1NC(=O)C(C2CC2)N(Cc2cccc(F)c2)C1=O. The van der Waals surface area contributed by atoms with E-state index in [2.05, 4.69) is 5.32 Å². The van der Waals surface area contributed by atoms with Crippen LogP contribution in [0.5, 0.6) is 0 Å². The number of nitrogens with one attached hydrogen (secondary N) is 1. The van der Waals surface area contributed by atoms with E-state index >= 15 is 0 Å². The Morgan fingerprint density at radius 2 is 2.10 bits per heavy atom. The summed E-state index contributed by atoms with van der Waals surface area (Å²) < 4.78 is 13.3. The van der Waals surface area contributed by atoms with Gasteiger partial charge in [0.15, 0.2) is 0 Å². The van der Waals surface area contributed by atoms with Gasteiger partial charge in [0, 0.05) is 6.54 Å². The summed E-state index contributed by atoms with van der Waals surface area (Å²) in [6.07, 6.45) is 1.94. The number of amides is 2. The first-order valence-corrected chi connectivity index (χ1v) is 6.91. The van der Waals surface area contributed by atoms with Gasteiger partial charge in [-0.15, -0.1) is 0 Å². The average molecular weight is 276 g/mol.